The largest absolute Gasteiger partial charge is 0.307 e. The second-order valence-electron chi connectivity index (χ2n) is 7.40. The summed E-state index contributed by atoms with van der Waals surface area (Å²) in [4.78, 5) is 6.92. The van der Waals surface area contributed by atoms with Crippen LogP contribution in [0.5, 0.6) is 0 Å². The number of rotatable bonds is 6. The topological polar surface area (TPSA) is 28.2 Å². The Balaban J connectivity index is 1.32. The van der Waals surface area contributed by atoms with E-state index in [0.717, 1.165) is 44.1 Å². The lowest BCUT2D eigenvalue weighted by molar-refractivity contribution is 0.179. The van der Waals surface area contributed by atoms with Crippen LogP contribution in [0.1, 0.15) is 43.0 Å². The van der Waals surface area contributed by atoms with Gasteiger partial charge in [0.05, 0.1) is 5.69 Å². The minimum Gasteiger partial charge on any atom is -0.307 e. The molecule has 1 aliphatic carbocycles. The minimum atomic E-state index is -0.152. The van der Waals surface area contributed by atoms with Crippen LogP contribution in [0.25, 0.3) is 0 Å². The molecular weight excluding hydrogens is 313 g/mol. The van der Waals surface area contributed by atoms with Crippen molar-refractivity contribution >= 4 is 0 Å². The number of likely N-dealkylation sites (tertiary alicyclic amines) is 1. The Labute approximate surface area is 149 Å². The summed E-state index contributed by atoms with van der Waals surface area (Å²) in [5.74, 6) is 0.568. The first kappa shape index (κ1) is 16.7. The van der Waals surface area contributed by atoms with Crippen LogP contribution in [0.4, 0.5) is 4.39 Å². The van der Waals surface area contributed by atoms with Crippen LogP contribution in [0, 0.1) is 11.7 Å². The number of nitrogens with zero attached hydrogens (tertiary/aromatic N) is 2. The van der Waals surface area contributed by atoms with E-state index in [1.54, 1.807) is 12.1 Å². The van der Waals surface area contributed by atoms with Gasteiger partial charge in [-0.25, -0.2) is 4.39 Å². The van der Waals surface area contributed by atoms with Crippen molar-refractivity contribution in [2.45, 2.75) is 44.3 Å². The molecule has 2 heterocycles. The smallest absolute Gasteiger partial charge is 0.123 e. The van der Waals surface area contributed by atoms with Crippen molar-refractivity contribution in [2.24, 2.45) is 5.92 Å². The lowest BCUT2D eigenvalue weighted by Crippen LogP contribution is -2.43. The molecule has 25 heavy (non-hydrogen) atoms. The van der Waals surface area contributed by atoms with E-state index in [2.05, 4.69) is 27.3 Å². The van der Waals surface area contributed by atoms with Crippen LogP contribution < -0.4 is 5.32 Å². The second-order valence-corrected chi connectivity index (χ2v) is 7.40. The van der Waals surface area contributed by atoms with E-state index in [-0.39, 0.29) is 5.82 Å². The van der Waals surface area contributed by atoms with Gasteiger partial charge in [0.2, 0.25) is 0 Å². The second kappa shape index (κ2) is 7.63. The van der Waals surface area contributed by atoms with Gasteiger partial charge in [-0.1, -0.05) is 18.2 Å². The van der Waals surface area contributed by atoms with Gasteiger partial charge in [-0.2, -0.15) is 0 Å². The Morgan fingerprint density at radius 2 is 1.80 bits per heavy atom. The maximum Gasteiger partial charge on any atom is 0.123 e. The number of benzene rings is 1. The third kappa shape index (κ3) is 4.44. The summed E-state index contributed by atoms with van der Waals surface area (Å²) < 4.78 is 13.2. The molecule has 132 valence electrons. The van der Waals surface area contributed by atoms with E-state index in [1.807, 2.05) is 24.4 Å². The highest BCUT2D eigenvalue weighted by Gasteiger charge is 2.34. The van der Waals surface area contributed by atoms with Crippen LogP contribution in [0.2, 0.25) is 0 Å². The number of hydrogen-bond donors (Lipinski definition) is 1. The van der Waals surface area contributed by atoms with E-state index in [0.29, 0.717) is 12.1 Å². The SMILES string of the molecule is Fc1ccc(C(NC2CCN(Cc3ccccn3)CC2)C2CC2)cc1. The molecule has 1 saturated heterocycles. The molecule has 2 aromatic rings. The summed E-state index contributed by atoms with van der Waals surface area (Å²) in [6.45, 7) is 3.15. The normalized spacial score (nSPS) is 20.5. The predicted molar refractivity (Wildman–Crippen MR) is 97.5 cm³/mol. The van der Waals surface area contributed by atoms with Gasteiger partial charge in [-0.15, -0.1) is 0 Å². The van der Waals surface area contributed by atoms with Gasteiger partial charge >= 0.3 is 0 Å². The third-order valence-corrected chi connectivity index (χ3v) is 5.44. The van der Waals surface area contributed by atoms with Gasteiger partial charge in [0.1, 0.15) is 5.82 Å². The molecule has 2 aliphatic rings. The average Bonchev–Trinajstić information content (AvgIpc) is 3.48. The molecule has 1 N–H and O–H groups in total. The van der Waals surface area contributed by atoms with Gasteiger partial charge < -0.3 is 5.32 Å². The number of hydrogen-bond acceptors (Lipinski definition) is 3. The lowest BCUT2D eigenvalue weighted by Gasteiger charge is -2.34. The lowest BCUT2D eigenvalue weighted by atomic mass is 9.98. The van der Waals surface area contributed by atoms with Crippen molar-refractivity contribution in [1.82, 2.24) is 15.2 Å². The Hall–Kier alpha value is -1.78. The molecule has 1 aromatic heterocycles. The average molecular weight is 339 g/mol. The van der Waals surface area contributed by atoms with Gasteiger partial charge in [-0.3, -0.25) is 9.88 Å². The Bertz CT molecular complexity index is 661. The molecule has 0 amide bonds. The van der Waals surface area contributed by atoms with E-state index >= 15 is 0 Å². The highest BCUT2D eigenvalue weighted by molar-refractivity contribution is 5.22. The monoisotopic (exact) mass is 339 g/mol. The number of aromatic nitrogens is 1. The molecule has 1 unspecified atom stereocenters. The van der Waals surface area contributed by atoms with Gasteiger partial charge in [0.25, 0.3) is 0 Å². The summed E-state index contributed by atoms with van der Waals surface area (Å²) in [6.07, 6.45) is 6.77. The van der Waals surface area contributed by atoms with Crippen LogP contribution in [-0.4, -0.2) is 29.0 Å². The van der Waals surface area contributed by atoms with Gasteiger partial charge in [0.15, 0.2) is 0 Å². The zero-order chi connectivity index (χ0) is 17.1. The molecule has 1 aliphatic heterocycles. The van der Waals surface area contributed by atoms with E-state index in [1.165, 1.54) is 18.4 Å². The number of nitrogens with one attached hydrogen (secondary N) is 1. The van der Waals surface area contributed by atoms with E-state index < -0.39 is 0 Å². The highest BCUT2D eigenvalue weighted by Crippen LogP contribution is 2.41. The number of halogens is 1. The zero-order valence-electron chi connectivity index (χ0n) is 14.6. The van der Waals surface area contributed by atoms with E-state index in [4.69, 9.17) is 0 Å². The molecular formula is C21H26FN3. The minimum absolute atomic E-state index is 0.152. The molecule has 4 rings (SSSR count). The summed E-state index contributed by atoms with van der Waals surface area (Å²) in [5.41, 5.74) is 2.39. The summed E-state index contributed by atoms with van der Waals surface area (Å²) in [5, 5.41) is 3.87. The first-order valence-corrected chi connectivity index (χ1v) is 9.42. The number of pyridine rings is 1. The molecule has 1 saturated carbocycles. The molecule has 1 aromatic carbocycles. The first-order valence-electron chi connectivity index (χ1n) is 9.42. The maximum absolute atomic E-state index is 13.2. The fraction of sp³-hybridized carbons (Fsp3) is 0.476. The molecule has 1 atom stereocenters. The predicted octanol–water partition coefficient (Wildman–Crippen LogP) is 3.93. The van der Waals surface area contributed by atoms with Crippen molar-refractivity contribution < 1.29 is 4.39 Å². The fourth-order valence-electron chi connectivity index (χ4n) is 3.84. The van der Waals surface area contributed by atoms with Crippen molar-refractivity contribution in [1.29, 1.82) is 0 Å². The summed E-state index contributed by atoms with van der Waals surface area (Å²) in [7, 11) is 0. The molecule has 0 bridgehead atoms. The molecule has 3 nitrogen and oxygen atoms in total. The third-order valence-electron chi connectivity index (χ3n) is 5.44. The number of piperidine rings is 1. The Morgan fingerprint density at radius 1 is 1.04 bits per heavy atom. The van der Waals surface area contributed by atoms with Crippen molar-refractivity contribution in [3.05, 3.63) is 65.7 Å². The Morgan fingerprint density at radius 3 is 2.44 bits per heavy atom. The van der Waals surface area contributed by atoms with E-state index in [9.17, 15) is 4.39 Å². The van der Waals surface area contributed by atoms with Crippen LogP contribution in [0.15, 0.2) is 48.7 Å². The Kier molecular flexibility index (Phi) is 5.09. The fourth-order valence-corrected chi connectivity index (χ4v) is 3.84. The molecule has 0 spiro atoms. The maximum atomic E-state index is 13.2. The molecule has 4 heteroatoms. The highest BCUT2D eigenvalue weighted by atomic mass is 19.1. The van der Waals surface area contributed by atoms with Crippen molar-refractivity contribution in [3.8, 4) is 0 Å². The summed E-state index contributed by atoms with van der Waals surface area (Å²) >= 11 is 0. The molecule has 2 fully saturated rings. The quantitative estimate of drug-likeness (QED) is 0.864. The van der Waals surface area contributed by atoms with Crippen LogP contribution in [-0.2, 0) is 6.54 Å². The summed E-state index contributed by atoms with van der Waals surface area (Å²) in [6, 6.07) is 14.1. The van der Waals surface area contributed by atoms with Gasteiger partial charge in [0, 0.05) is 37.9 Å². The first-order chi connectivity index (χ1) is 12.3. The zero-order valence-corrected chi connectivity index (χ0v) is 14.6. The van der Waals surface area contributed by atoms with Crippen molar-refractivity contribution in [2.75, 3.05) is 13.1 Å². The van der Waals surface area contributed by atoms with Gasteiger partial charge in [-0.05, 0) is 61.4 Å². The standard InChI is InChI=1S/C21H26FN3/c22-18-8-6-17(7-9-18)21(16-4-5-16)24-19-10-13-25(14-11-19)15-20-3-1-2-12-23-20/h1-3,6-9,12,16,19,21,24H,4-5,10-11,13-15H2. The van der Waals surface area contributed by atoms with Crippen LogP contribution in [0.3, 0.4) is 0 Å². The molecule has 0 radical (unpaired) electrons. The van der Waals surface area contributed by atoms with Crippen LogP contribution >= 0.6 is 0 Å². The van der Waals surface area contributed by atoms with Crippen molar-refractivity contribution in [3.63, 3.8) is 0 Å².